The van der Waals surface area contributed by atoms with Crippen molar-refractivity contribution >= 4 is 23.4 Å². The zero-order chi connectivity index (χ0) is 20.9. The Bertz CT molecular complexity index is 991. The average molecular weight is 405 g/mol. The second-order valence-electron chi connectivity index (χ2n) is 7.26. The number of ether oxygens (including phenoxy) is 1. The smallest absolute Gasteiger partial charge is 0.269 e. The van der Waals surface area contributed by atoms with Gasteiger partial charge in [0.25, 0.3) is 11.6 Å². The predicted molar refractivity (Wildman–Crippen MR) is 115 cm³/mol. The Balaban J connectivity index is 1.65. The maximum absolute atomic E-state index is 13.1. The first-order valence-corrected chi connectivity index (χ1v) is 9.99. The quantitative estimate of drug-likeness (QED) is 0.600. The first-order chi connectivity index (χ1) is 14.6. The van der Waals surface area contributed by atoms with E-state index in [0.29, 0.717) is 19.6 Å². The summed E-state index contributed by atoms with van der Waals surface area (Å²) in [5.41, 5.74) is 4.52. The van der Waals surface area contributed by atoms with Crippen LogP contribution in [0, 0.1) is 10.1 Å². The predicted octanol–water partition coefficient (Wildman–Crippen LogP) is 4.00. The molecule has 2 aromatic rings. The van der Waals surface area contributed by atoms with Gasteiger partial charge in [-0.2, -0.15) is 0 Å². The lowest BCUT2D eigenvalue weighted by molar-refractivity contribution is -0.384. The van der Waals surface area contributed by atoms with Gasteiger partial charge in [0.1, 0.15) is 0 Å². The molecule has 0 spiro atoms. The van der Waals surface area contributed by atoms with Crippen LogP contribution in [0.4, 0.5) is 11.4 Å². The molecule has 0 saturated carbocycles. The second kappa shape index (κ2) is 8.92. The number of nitro benzene ring substituents is 1. The number of carbonyl (C=O) groups excluding carboxylic acids is 1. The molecule has 1 fully saturated rings. The lowest BCUT2D eigenvalue weighted by Crippen LogP contribution is -2.36. The van der Waals surface area contributed by atoms with E-state index in [1.54, 1.807) is 12.1 Å². The van der Waals surface area contributed by atoms with E-state index in [0.717, 1.165) is 47.6 Å². The Hall–Kier alpha value is -3.45. The molecule has 30 heavy (non-hydrogen) atoms. The Morgan fingerprint density at radius 1 is 1.03 bits per heavy atom. The number of nitrogens with one attached hydrogen (secondary N) is 1. The average Bonchev–Trinajstić information content (AvgIpc) is 3.19. The SMILES string of the molecule is O=C(Nc1ccccc1)C1=C(N2CCOCC2)C(=Cc2ccc([N+](=O)[O-])cc2)CC1. The van der Waals surface area contributed by atoms with Gasteiger partial charge < -0.3 is 15.0 Å². The molecule has 0 bridgehead atoms. The van der Waals surface area contributed by atoms with Crippen LogP contribution in [0.5, 0.6) is 0 Å². The van der Waals surface area contributed by atoms with Crippen LogP contribution in [0.15, 0.2) is 71.4 Å². The van der Waals surface area contributed by atoms with Crippen molar-refractivity contribution in [2.45, 2.75) is 12.8 Å². The molecule has 1 N–H and O–H groups in total. The molecule has 1 amide bonds. The van der Waals surface area contributed by atoms with E-state index in [2.05, 4.69) is 10.2 Å². The maximum atomic E-state index is 13.1. The van der Waals surface area contributed by atoms with Crippen molar-refractivity contribution in [2.75, 3.05) is 31.6 Å². The highest BCUT2D eigenvalue weighted by Crippen LogP contribution is 2.36. The molecule has 4 rings (SSSR count). The van der Waals surface area contributed by atoms with Crippen molar-refractivity contribution in [3.63, 3.8) is 0 Å². The van der Waals surface area contributed by atoms with Crippen LogP contribution in [0.25, 0.3) is 6.08 Å². The van der Waals surface area contributed by atoms with Gasteiger partial charge in [0.2, 0.25) is 0 Å². The van der Waals surface area contributed by atoms with Crippen molar-refractivity contribution in [3.05, 3.63) is 87.1 Å². The number of hydrogen-bond donors (Lipinski definition) is 1. The molecular weight excluding hydrogens is 382 g/mol. The number of nitrogens with zero attached hydrogens (tertiary/aromatic N) is 2. The minimum atomic E-state index is -0.405. The lowest BCUT2D eigenvalue weighted by Gasteiger charge is -2.31. The van der Waals surface area contributed by atoms with Crippen LogP contribution >= 0.6 is 0 Å². The van der Waals surface area contributed by atoms with Crippen LogP contribution in [0.1, 0.15) is 18.4 Å². The van der Waals surface area contributed by atoms with E-state index in [1.165, 1.54) is 12.1 Å². The fourth-order valence-corrected chi connectivity index (χ4v) is 3.85. The van der Waals surface area contributed by atoms with Crippen molar-refractivity contribution in [1.29, 1.82) is 0 Å². The van der Waals surface area contributed by atoms with E-state index >= 15 is 0 Å². The van der Waals surface area contributed by atoms with Crippen LogP contribution in [-0.2, 0) is 9.53 Å². The summed E-state index contributed by atoms with van der Waals surface area (Å²) in [5.74, 6) is -0.0882. The largest absolute Gasteiger partial charge is 0.378 e. The third-order valence-electron chi connectivity index (χ3n) is 5.31. The number of morpholine rings is 1. The van der Waals surface area contributed by atoms with Crippen molar-refractivity contribution in [2.24, 2.45) is 0 Å². The summed E-state index contributed by atoms with van der Waals surface area (Å²) in [6.45, 7) is 2.72. The highest BCUT2D eigenvalue weighted by atomic mass is 16.6. The topological polar surface area (TPSA) is 84.7 Å². The van der Waals surface area contributed by atoms with E-state index < -0.39 is 4.92 Å². The number of benzene rings is 2. The molecule has 1 saturated heterocycles. The highest BCUT2D eigenvalue weighted by Gasteiger charge is 2.29. The van der Waals surface area contributed by atoms with E-state index in [-0.39, 0.29) is 11.6 Å². The number of hydrogen-bond acceptors (Lipinski definition) is 5. The van der Waals surface area contributed by atoms with Gasteiger partial charge in [-0.05, 0) is 54.3 Å². The van der Waals surface area contributed by atoms with Crippen molar-refractivity contribution < 1.29 is 14.5 Å². The number of para-hydroxylation sites is 1. The molecule has 0 radical (unpaired) electrons. The van der Waals surface area contributed by atoms with Crippen LogP contribution in [0.3, 0.4) is 0 Å². The molecule has 1 aliphatic carbocycles. The number of non-ortho nitro benzene ring substituents is 1. The molecule has 0 atom stereocenters. The third-order valence-corrected chi connectivity index (χ3v) is 5.31. The summed E-state index contributed by atoms with van der Waals surface area (Å²) >= 11 is 0. The summed E-state index contributed by atoms with van der Waals surface area (Å²) in [4.78, 5) is 25.8. The van der Waals surface area contributed by atoms with Gasteiger partial charge in [-0.1, -0.05) is 18.2 Å². The van der Waals surface area contributed by atoms with Gasteiger partial charge >= 0.3 is 0 Å². The molecule has 0 aromatic heterocycles. The van der Waals surface area contributed by atoms with E-state index in [1.807, 2.05) is 36.4 Å². The molecule has 7 heteroatoms. The second-order valence-corrected chi connectivity index (χ2v) is 7.26. The fourth-order valence-electron chi connectivity index (χ4n) is 3.85. The monoisotopic (exact) mass is 405 g/mol. The van der Waals surface area contributed by atoms with Gasteiger partial charge in [-0.3, -0.25) is 14.9 Å². The molecule has 1 heterocycles. The Morgan fingerprint density at radius 2 is 1.73 bits per heavy atom. The normalized spacial score (nSPS) is 18.0. The Labute approximate surface area is 174 Å². The number of allylic oxidation sites excluding steroid dienone is 1. The van der Waals surface area contributed by atoms with E-state index in [4.69, 9.17) is 4.74 Å². The Kier molecular flexibility index (Phi) is 5.90. The molecule has 1 aliphatic heterocycles. The lowest BCUT2D eigenvalue weighted by atomic mass is 10.1. The number of anilines is 1. The number of carbonyl (C=O) groups is 1. The highest BCUT2D eigenvalue weighted by molar-refractivity contribution is 6.05. The van der Waals surface area contributed by atoms with Gasteiger partial charge in [0.15, 0.2) is 0 Å². The zero-order valence-corrected chi connectivity index (χ0v) is 16.5. The van der Waals surface area contributed by atoms with E-state index in [9.17, 15) is 14.9 Å². The van der Waals surface area contributed by atoms with Gasteiger partial charge in [-0.25, -0.2) is 0 Å². The summed E-state index contributed by atoms with van der Waals surface area (Å²) in [5, 5.41) is 13.9. The molecule has 2 aliphatic rings. The molecule has 7 nitrogen and oxygen atoms in total. The minimum Gasteiger partial charge on any atom is -0.378 e. The number of rotatable bonds is 5. The van der Waals surface area contributed by atoms with Crippen molar-refractivity contribution in [1.82, 2.24) is 4.90 Å². The van der Waals surface area contributed by atoms with Crippen LogP contribution in [0.2, 0.25) is 0 Å². The van der Waals surface area contributed by atoms with Crippen molar-refractivity contribution in [3.8, 4) is 0 Å². The standard InChI is InChI=1S/C23H23N3O4/c27-23(24-19-4-2-1-3-5-19)21-11-8-18(22(21)25-12-14-30-15-13-25)16-17-6-9-20(10-7-17)26(28)29/h1-7,9-10,16H,8,11-15H2,(H,24,27). The van der Waals surface area contributed by atoms with Gasteiger partial charge in [0, 0.05) is 42.2 Å². The third kappa shape index (κ3) is 4.41. The molecule has 0 unspecified atom stereocenters. The summed E-state index contributed by atoms with van der Waals surface area (Å²) in [6.07, 6.45) is 3.43. The number of amides is 1. The molecular formula is C23H23N3O4. The minimum absolute atomic E-state index is 0.0652. The zero-order valence-electron chi connectivity index (χ0n) is 16.5. The summed E-state index contributed by atoms with van der Waals surface area (Å²) < 4.78 is 5.49. The molecule has 154 valence electrons. The Morgan fingerprint density at radius 3 is 2.40 bits per heavy atom. The molecule has 2 aromatic carbocycles. The fraction of sp³-hybridized carbons (Fsp3) is 0.261. The van der Waals surface area contributed by atoms with Gasteiger partial charge in [-0.15, -0.1) is 0 Å². The maximum Gasteiger partial charge on any atom is 0.269 e. The van der Waals surface area contributed by atoms with Crippen LogP contribution in [-0.4, -0.2) is 42.0 Å². The summed E-state index contributed by atoms with van der Waals surface area (Å²) in [7, 11) is 0. The first kappa shape index (κ1) is 19.8. The number of nitro groups is 1. The van der Waals surface area contributed by atoms with Crippen LogP contribution < -0.4 is 5.32 Å². The first-order valence-electron chi connectivity index (χ1n) is 9.99. The summed E-state index contributed by atoms with van der Waals surface area (Å²) in [6, 6.07) is 15.9. The van der Waals surface area contributed by atoms with Gasteiger partial charge in [0.05, 0.1) is 18.1 Å².